The van der Waals surface area contributed by atoms with Crippen molar-refractivity contribution in [2.24, 2.45) is 0 Å². The Morgan fingerprint density at radius 1 is 1.04 bits per heavy atom. The van der Waals surface area contributed by atoms with Crippen LogP contribution in [-0.2, 0) is 4.79 Å². The van der Waals surface area contributed by atoms with E-state index in [0.29, 0.717) is 0 Å². The van der Waals surface area contributed by atoms with Gasteiger partial charge in [0.15, 0.2) is 0 Å². The van der Waals surface area contributed by atoms with E-state index in [9.17, 15) is 4.79 Å². The summed E-state index contributed by atoms with van der Waals surface area (Å²) in [5.41, 5.74) is 1.22. The van der Waals surface area contributed by atoms with E-state index >= 15 is 0 Å². The fourth-order valence-electron chi connectivity index (χ4n) is 2.93. The van der Waals surface area contributed by atoms with Crippen molar-refractivity contribution in [3.8, 4) is 0 Å². The van der Waals surface area contributed by atoms with Crippen LogP contribution in [0.25, 0.3) is 10.2 Å². The van der Waals surface area contributed by atoms with Crippen molar-refractivity contribution in [3.63, 3.8) is 0 Å². The van der Waals surface area contributed by atoms with Crippen molar-refractivity contribution in [1.82, 2.24) is 14.9 Å². The number of thiophene rings is 1. The highest BCUT2D eigenvalue weighted by atomic mass is 32.2. The Morgan fingerprint density at radius 3 is 2.17 bits per heavy atom. The Hall–Kier alpha value is -1.14. The second kappa shape index (κ2) is 7.40. The third-order valence-electron chi connectivity index (χ3n) is 4.11. The Bertz CT molecular complexity index is 744. The van der Waals surface area contributed by atoms with E-state index in [0.717, 1.165) is 21.1 Å². The number of hydrogen-bond donors (Lipinski definition) is 0. The van der Waals surface area contributed by atoms with E-state index in [-0.39, 0.29) is 23.2 Å². The first-order valence-corrected chi connectivity index (χ1v) is 10.1. The molecule has 2 rings (SSSR count). The van der Waals surface area contributed by atoms with Crippen LogP contribution in [0.2, 0.25) is 0 Å². The molecule has 0 aliphatic heterocycles. The number of thioether (sulfide) groups is 1. The molecule has 0 aliphatic carbocycles. The molecule has 0 bridgehead atoms. The molecule has 0 aromatic carbocycles. The van der Waals surface area contributed by atoms with E-state index in [2.05, 4.69) is 51.5 Å². The molecule has 0 aliphatic rings. The second-order valence-corrected chi connectivity index (χ2v) is 9.27. The van der Waals surface area contributed by atoms with Crippen molar-refractivity contribution < 1.29 is 4.79 Å². The van der Waals surface area contributed by atoms with Gasteiger partial charge in [0.1, 0.15) is 15.7 Å². The van der Waals surface area contributed by atoms with Crippen molar-refractivity contribution in [3.05, 3.63) is 16.3 Å². The van der Waals surface area contributed by atoms with Crippen LogP contribution in [0, 0.1) is 20.8 Å². The summed E-state index contributed by atoms with van der Waals surface area (Å²) in [5, 5.41) is 1.85. The predicted octanol–water partition coefficient (Wildman–Crippen LogP) is 4.74. The lowest BCUT2D eigenvalue weighted by molar-refractivity contribution is -0.133. The minimum absolute atomic E-state index is 0.166. The van der Waals surface area contributed by atoms with Gasteiger partial charge in [-0.3, -0.25) is 4.79 Å². The van der Waals surface area contributed by atoms with Crippen LogP contribution >= 0.6 is 23.1 Å². The van der Waals surface area contributed by atoms with Gasteiger partial charge in [-0.05, 0) is 61.0 Å². The van der Waals surface area contributed by atoms with E-state index in [4.69, 9.17) is 0 Å². The second-order valence-electron chi connectivity index (χ2n) is 6.73. The monoisotopic (exact) mass is 365 g/mol. The average Bonchev–Trinajstić information content (AvgIpc) is 2.72. The Balaban J connectivity index is 2.37. The Labute approximate surface area is 153 Å². The average molecular weight is 366 g/mol. The molecule has 0 unspecified atom stereocenters. The number of aryl methyl sites for hydroxylation is 3. The summed E-state index contributed by atoms with van der Waals surface area (Å²) in [6, 6.07) is 0.385. The fraction of sp³-hybridized carbons (Fsp3) is 0.611. The third kappa shape index (κ3) is 3.75. The number of fused-ring (bicyclic) bond motifs is 1. The van der Waals surface area contributed by atoms with E-state index in [1.807, 2.05) is 18.7 Å². The first-order chi connectivity index (χ1) is 11.1. The van der Waals surface area contributed by atoms with Crippen LogP contribution in [0.5, 0.6) is 0 Å². The lowest BCUT2D eigenvalue weighted by atomic mass is 10.2. The third-order valence-corrected chi connectivity index (χ3v) is 6.29. The standard InChI is InChI=1S/C18H27N3OS2/c1-9(2)21(10(3)4)18(22)13(7)24-17-15-11(5)12(6)23-16(15)19-14(8)20-17/h9-10,13H,1-8H3/t13-/m0/s1. The highest BCUT2D eigenvalue weighted by Gasteiger charge is 2.27. The minimum atomic E-state index is -0.174. The Kier molecular flexibility index (Phi) is 5.91. The number of aromatic nitrogens is 2. The molecule has 1 amide bonds. The molecule has 6 heteroatoms. The van der Waals surface area contributed by atoms with Gasteiger partial charge in [-0.1, -0.05) is 11.8 Å². The SMILES string of the molecule is Cc1nc(S[C@@H](C)C(=O)N(C(C)C)C(C)C)c2c(C)c(C)sc2n1. The van der Waals surface area contributed by atoms with Crippen LogP contribution < -0.4 is 0 Å². The molecule has 24 heavy (non-hydrogen) atoms. The van der Waals surface area contributed by atoms with E-state index < -0.39 is 0 Å². The molecule has 2 aromatic rings. The topological polar surface area (TPSA) is 46.1 Å². The highest BCUT2D eigenvalue weighted by molar-refractivity contribution is 8.00. The summed E-state index contributed by atoms with van der Waals surface area (Å²) in [7, 11) is 0. The summed E-state index contributed by atoms with van der Waals surface area (Å²) in [6.45, 7) is 16.4. The highest BCUT2D eigenvalue weighted by Crippen LogP contribution is 2.37. The van der Waals surface area contributed by atoms with Crippen molar-refractivity contribution in [2.75, 3.05) is 0 Å². The molecule has 1 atom stereocenters. The predicted molar refractivity (Wildman–Crippen MR) is 104 cm³/mol. The summed E-state index contributed by atoms with van der Waals surface area (Å²) in [6.07, 6.45) is 0. The van der Waals surface area contributed by atoms with Gasteiger partial charge in [0.2, 0.25) is 5.91 Å². The van der Waals surface area contributed by atoms with Gasteiger partial charge in [0.05, 0.1) is 5.25 Å². The zero-order valence-corrected chi connectivity index (χ0v) is 17.4. The zero-order valence-electron chi connectivity index (χ0n) is 15.8. The minimum Gasteiger partial charge on any atom is -0.337 e. The molecule has 2 heterocycles. The van der Waals surface area contributed by atoms with Crippen LogP contribution in [0.15, 0.2) is 5.03 Å². The van der Waals surface area contributed by atoms with Crippen molar-refractivity contribution in [1.29, 1.82) is 0 Å². The van der Waals surface area contributed by atoms with Crippen LogP contribution in [0.4, 0.5) is 0 Å². The van der Waals surface area contributed by atoms with E-state index in [1.165, 1.54) is 10.4 Å². The molecule has 0 saturated carbocycles. The number of nitrogens with zero attached hydrogens (tertiary/aromatic N) is 3. The smallest absolute Gasteiger partial charge is 0.236 e. The number of rotatable bonds is 5. The molecule has 4 nitrogen and oxygen atoms in total. The lowest BCUT2D eigenvalue weighted by Crippen LogP contribution is -2.45. The maximum atomic E-state index is 12.9. The molecule has 0 saturated heterocycles. The molecular formula is C18H27N3OS2. The number of carbonyl (C=O) groups excluding carboxylic acids is 1. The number of amides is 1. The summed E-state index contributed by atoms with van der Waals surface area (Å²) >= 11 is 3.25. The van der Waals surface area contributed by atoms with Crippen molar-refractivity contribution in [2.45, 2.75) is 77.7 Å². The van der Waals surface area contributed by atoms with Gasteiger partial charge in [0, 0.05) is 22.3 Å². The van der Waals surface area contributed by atoms with Crippen molar-refractivity contribution >= 4 is 39.2 Å². The van der Waals surface area contributed by atoms with Gasteiger partial charge in [-0.25, -0.2) is 9.97 Å². The molecule has 0 radical (unpaired) electrons. The molecular weight excluding hydrogens is 338 g/mol. The van der Waals surface area contributed by atoms with Gasteiger partial charge in [-0.15, -0.1) is 11.3 Å². The molecule has 2 aromatic heterocycles. The maximum Gasteiger partial charge on any atom is 0.236 e. The first kappa shape index (κ1) is 19.2. The lowest BCUT2D eigenvalue weighted by Gasteiger charge is -2.32. The molecule has 0 N–H and O–H groups in total. The van der Waals surface area contributed by atoms with Crippen LogP contribution in [0.3, 0.4) is 0 Å². The van der Waals surface area contributed by atoms with Crippen LogP contribution in [-0.4, -0.2) is 38.1 Å². The normalized spacial score (nSPS) is 13.1. The maximum absolute atomic E-state index is 12.9. The molecule has 0 spiro atoms. The number of hydrogen-bond acceptors (Lipinski definition) is 5. The fourth-order valence-corrected chi connectivity index (χ4v) is 5.18. The molecule has 0 fully saturated rings. The summed E-state index contributed by atoms with van der Waals surface area (Å²) in [5.74, 6) is 0.925. The van der Waals surface area contributed by atoms with Gasteiger partial charge in [0.25, 0.3) is 0 Å². The largest absolute Gasteiger partial charge is 0.337 e. The van der Waals surface area contributed by atoms with Crippen LogP contribution in [0.1, 0.15) is 50.9 Å². The summed E-state index contributed by atoms with van der Waals surface area (Å²) in [4.78, 5) is 26.3. The summed E-state index contributed by atoms with van der Waals surface area (Å²) < 4.78 is 0. The molecule has 132 valence electrons. The quantitative estimate of drug-likeness (QED) is 0.567. The van der Waals surface area contributed by atoms with Gasteiger partial charge < -0.3 is 4.90 Å². The number of carbonyl (C=O) groups is 1. The zero-order chi connectivity index (χ0) is 18.2. The van der Waals surface area contributed by atoms with E-state index in [1.54, 1.807) is 23.1 Å². The first-order valence-electron chi connectivity index (χ1n) is 8.36. The van der Waals surface area contributed by atoms with Gasteiger partial charge >= 0.3 is 0 Å². The van der Waals surface area contributed by atoms with Gasteiger partial charge in [-0.2, -0.15) is 0 Å². The Morgan fingerprint density at radius 2 is 1.62 bits per heavy atom.